The van der Waals surface area contributed by atoms with Gasteiger partial charge in [-0.15, -0.1) is 0 Å². The molecule has 2 aromatic carbocycles. The lowest BCUT2D eigenvalue weighted by Gasteiger charge is -2.14. The highest BCUT2D eigenvalue weighted by Crippen LogP contribution is 2.27. The van der Waals surface area contributed by atoms with Crippen LogP contribution in [-0.2, 0) is 12.8 Å². The molecule has 1 unspecified atom stereocenters. The van der Waals surface area contributed by atoms with Gasteiger partial charge in [0, 0.05) is 16.8 Å². The highest BCUT2D eigenvalue weighted by atomic mass is 35.5. The van der Waals surface area contributed by atoms with Crippen LogP contribution in [0.25, 0.3) is 0 Å². The minimum atomic E-state index is 0.290. The van der Waals surface area contributed by atoms with Crippen LogP contribution in [0.4, 0.5) is 5.69 Å². The summed E-state index contributed by atoms with van der Waals surface area (Å²) in [6, 6.07) is 15.6. The Balaban J connectivity index is 1.78. The van der Waals surface area contributed by atoms with Gasteiger partial charge in [0.2, 0.25) is 0 Å². The maximum Gasteiger partial charge on any atom is 0.101 e. The molecule has 0 fully saturated rings. The van der Waals surface area contributed by atoms with Crippen molar-refractivity contribution in [2.24, 2.45) is 0 Å². The topological polar surface area (TPSA) is 59.6 Å². The van der Waals surface area contributed by atoms with Gasteiger partial charge in [0.25, 0.3) is 0 Å². The summed E-state index contributed by atoms with van der Waals surface area (Å²) in [6.45, 7) is 0. The van der Waals surface area contributed by atoms with Crippen LogP contribution in [0.2, 0.25) is 5.02 Å². The van der Waals surface area contributed by atoms with E-state index >= 15 is 0 Å². The molecule has 0 saturated carbocycles. The van der Waals surface area contributed by atoms with Crippen molar-refractivity contribution in [1.29, 1.82) is 10.5 Å². The lowest BCUT2D eigenvalue weighted by Crippen LogP contribution is -2.19. The van der Waals surface area contributed by atoms with Gasteiger partial charge in [0.1, 0.15) is 12.1 Å². The third kappa shape index (κ3) is 2.70. The summed E-state index contributed by atoms with van der Waals surface area (Å²) in [6.07, 6.45) is 1.85. The van der Waals surface area contributed by atoms with Crippen LogP contribution in [0.15, 0.2) is 36.4 Å². The van der Waals surface area contributed by atoms with Gasteiger partial charge in [-0.3, -0.25) is 0 Å². The number of benzene rings is 2. The average Bonchev–Trinajstić information content (AvgIpc) is 2.88. The van der Waals surface area contributed by atoms with E-state index in [1.54, 1.807) is 12.1 Å². The van der Waals surface area contributed by atoms with E-state index in [4.69, 9.17) is 22.1 Å². The molecule has 3 nitrogen and oxygen atoms in total. The summed E-state index contributed by atoms with van der Waals surface area (Å²) in [7, 11) is 0. The quantitative estimate of drug-likeness (QED) is 0.919. The molecule has 1 aliphatic carbocycles. The van der Waals surface area contributed by atoms with Crippen molar-refractivity contribution < 1.29 is 0 Å². The summed E-state index contributed by atoms with van der Waals surface area (Å²) in [5, 5.41) is 22.2. The number of hydrogen-bond donors (Lipinski definition) is 1. The van der Waals surface area contributed by atoms with E-state index in [1.807, 2.05) is 24.3 Å². The Morgan fingerprint density at radius 1 is 0.952 bits per heavy atom. The van der Waals surface area contributed by atoms with E-state index in [-0.39, 0.29) is 6.04 Å². The number of rotatable bonds is 2. The Labute approximate surface area is 128 Å². The van der Waals surface area contributed by atoms with E-state index in [9.17, 15) is 0 Å². The van der Waals surface area contributed by atoms with E-state index < -0.39 is 0 Å². The second-order valence-corrected chi connectivity index (χ2v) is 5.58. The fourth-order valence-corrected chi connectivity index (χ4v) is 2.94. The van der Waals surface area contributed by atoms with Gasteiger partial charge in [0.05, 0.1) is 11.1 Å². The zero-order valence-corrected chi connectivity index (χ0v) is 12.0. The van der Waals surface area contributed by atoms with E-state index in [0.29, 0.717) is 11.1 Å². The van der Waals surface area contributed by atoms with Crippen LogP contribution in [-0.4, -0.2) is 6.04 Å². The second kappa shape index (κ2) is 5.48. The summed E-state index contributed by atoms with van der Waals surface area (Å²) in [5.74, 6) is 0. The van der Waals surface area contributed by atoms with Crippen molar-refractivity contribution >= 4 is 17.3 Å². The van der Waals surface area contributed by atoms with Gasteiger partial charge < -0.3 is 5.32 Å². The number of nitriles is 2. The van der Waals surface area contributed by atoms with E-state index in [2.05, 4.69) is 17.5 Å². The van der Waals surface area contributed by atoms with Crippen molar-refractivity contribution in [3.8, 4) is 12.1 Å². The van der Waals surface area contributed by atoms with Crippen LogP contribution in [0, 0.1) is 22.7 Å². The maximum atomic E-state index is 9.06. The standard InChI is InChI=1S/C17H12ClN3/c18-15-3-1-11-6-17(7-13(11)5-15)21-16-4-2-12(9-19)14(8-16)10-20/h1-5,8,17,21H,6-7H2. The molecule has 0 amide bonds. The predicted octanol–water partition coefficient (Wildman–Crippen LogP) is 3.66. The third-order valence-electron chi connectivity index (χ3n) is 3.73. The zero-order chi connectivity index (χ0) is 14.8. The van der Waals surface area contributed by atoms with Crippen molar-refractivity contribution in [3.05, 3.63) is 63.7 Å². The van der Waals surface area contributed by atoms with Crippen LogP contribution < -0.4 is 5.32 Å². The lowest BCUT2D eigenvalue weighted by atomic mass is 10.1. The highest BCUT2D eigenvalue weighted by molar-refractivity contribution is 6.30. The molecule has 0 radical (unpaired) electrons. The van der Waals surface area contributed by atoms with Gasteiger partial charge in [-0.25, -0.2) is 0 Å². The first kappa shape index (κ1) is 13.5. The van der Waals surface area contributed by atoms with Gasteiger partial charge in [0.15, 0.2) is 0 Å². The van der Waals surface area contributed by atoms with Crippen molar-refractivity contribution in [3.63, 3.8) is 0 Å². The number of hydrogen-bond acceptors (Lipinski definition) is 3. The van der Waals surface area contributed by atoms with Crippen molar-refractivity contribution in [2.45, 2.75) is 18.9 Å². The number of fused-ring (bicyclic) bond motifs is 1. The largest absolute Gasteiger partial charge is 0.382 e. The first-order valence-corrected chi connectivity index (χ1v) is 7.05. The molecular weight excluding hydrogens is 282 g/mol. The minimum Gasteiger partial charge on any atom is -0.382 e. The number of nitrogens with one attached hydrogen (secondary N) is 1. The first-order valence-electron chi connectivity index (χ1n) is 6.67. The molecule has 2 aromatic rings. The summed E-state index contributed by atoms with van der Waals surface area (Å²) in [5.41, 5.74) is 4.26. The molecule has 3 rings (SSSR count). The second-order valence-electron chi connectivity index (χ2n) is 5.15. The van der Waals surface area contributed by atoms with Gasteiger partial charge >= 0.3 is 0 Å². The summed E-state index contributed by atoms with van der Waals surface area (Å²) >= 11 is 6.02. The van der Waals surface area contributed by atoms with E-state index in [1.165, 1.54) is 11.1 Å². The fourth-order valence-electron chi connectivity index (χ4n) is 2.75. The Morgan fingerprint density at radius 3 is 2.48 bits per heavy atom. The van der Waals surface area contributed by atoms with Crippen LogP contribution in [0.3, 0.4) is 0 Å². The SMILES string of the molecule is N#Cc1ccc(NC2Cc3ccc(Cl)cc3C2)cc1C#N. The van der Waals surface area contributed by atoms with E-state index in [0.717, 1.165) is 23.6 Å². The summed E-state index contributed by atoms with van der Waals surface area (Å²) in [4.78, 5) is 0. The van der Waals surface area contributed by atoms with Crippen LogP contribution in [0.5, 0.6) is 0 Å². The third-order valence-corrected chi connectivity index (χ3v) is 3.97. The number of halogens is 1. The minimum absolute atomic E-state index is 0.290. The van der Waals surface area contributed by atoms with Crippen molar-refractivity contribution in [2.75, 3.05) is 5.32 Å². The zero-order valence-electron chi connectivity index (χ0n) is 11.2. The fraction of sp³-hybridized carbons (Fsp3) is 0.176. The molecule has 0 saturated heterocycles. The highest BCUT2D eigenvalue weighted by Gasteiger charge is 2.21. The predicted molar refractivity (Wildman–Crippen MR) is 82.1 cm³/mol. The molecule has 102 valence electrons. The Hall–Kier alpha value is -2.49. The average molecular weight is 294 g/mol. The van der Waals surface area contributed by atoms with Gasteiger partial charge in [-0.1, -0.05) is 17.7 Å². The summed E-state index contributed by atoms with van der Waals surface area (Å²) < 4.78 is 0. The molecular formula is C17H12ClN3. The van der Waals surface area contributed by atoms with Crippen LogP contribution >= 0.6 is 11.6 Å². The molecule has 1 atom stereocenters. The monoisotopic (exact) mass is 293 g/mol. The Morgan fingerprint density at radius 2 is 1.71 bits per heavy atom. The molecule has 0 bridgehead atoms. The molecule has 0 aromatic heterocycles. The Bertz CT molecular complexity index is 784. The molecule has 21 heavy (non-hydrogen) atoms. The number of nitrogens with zero attached hydrogens (tertiary/aromatic N) is 2. The van der Waals surface area contributed by atoms with Gasteiger partial charge in [-0.2, -0.15) is 10.5 Å². The smallest absolute Gasteiger partial charge is 0.101 e. The maximum absolute atomic E-state index is 9.06. The molecule has 1 N–H and O–H groups in total. The Kier molecular flexibility index (Phi) is 3.52. The normalized spacial score (nSPS) is 15.9. The molecule has 0 heterocycles. The molecule has 0 spiro atoms. The van der Waals surface area contributed by atoms with Gasteiger partial charge in [-0.05, 0) is 54.3 Å². The molecule has 4 heteroatoms. The van der Waals surface area contributed by atoms with Crippen LogP contribution in [0.1, 0.15) is 22.3 Å². The first-order chi connectivity index (χ1) is 10.2. The number of anilines is 1. The lowest BCUT2D eigenvalue weighted by molar-refractivity contribution is 0.774. The molecule has 1 aliphatic rings. The van der Waals surface area contributed by atoms with Crippen molar-refractivity contribution in [1.82, 2.24) is 0 Å². The molecule has 0 aliphatic heterocycles.